The van der Waals surface area contributed by atoms with E-state index in [1.807, 2.05) is 4.90 Å². The second-order valence-corrected chi connectivity index (χ2v) is 5.75. The summed E-state index contributed by atoms with van der Waals surface area (Å²) >= 11 is 0. The van der Waals surface area contributed by atoms with Crippen LogP contribution < -0.4 is 15.6 Å². The lowest BCUT2D eigenvalue weighted by Gasteiger charge is -2.26. The van der Waals surface area contributed by atoms with Crippen LogP contribution >= 0.6 is 0 Å². The topological polar surface area (TPSA) is 131 Å². The summed E-state index contributed by atoms with van der Waals surface area (Å²) < 4.78 is 5.35. The molecule has 1 aromatic heterocycles. The summed E-state index contributed by atoms with van der Waals surface area (Å²) in [6.07, 6.45) is 0. The Balaban J connectivity index is 1.77. The molecule has 1 aliphatic heterocycles. The predicted octanol–water partition coefficient (Wildman–Crippen LogP) is 1.49. The molecule has 1 fully saturated rings. The molecular weight excluding hydrogens is 352 g/mol. The highest BCUT2D eigenvalue weighted by Gasteiger charge is 2.16. The lowest BCUT2D eigenvalue weighted by Crippen LogP contribution is -2.37. The average Bonchev–Trinajstić information content (AvgIpc) is 2.72. The molecular formula is C16H20N8O3. The molecule has 1 aromatic carbocycles. The third kappa shape index (κ3) is 4.64. The van der Waals surface area contributed by atoms with Crippen LogP contribution in [-0.2, 0) is 4.74 Å². The molecule has 1 aliphatic rings. The standard InChI is InChI=1S/C16H20N8O3/c1-11(12-3-5-13(6-4-12)24(25)26)21-22-15-18-14(17-2)19-16(20-15)23-7-9-27-10-8-23/h3-6H,7-10H2,1-2H3,(H2,17,18,19,20,22)/b21-11+. The van der Waals surface area contributed by atoms with Crippen LogP contribution in [0.25, 0.3) is 0 Å². The van der Waals surface area contributed by atoms with E-state index in [4.69, 9.17) is 4.74 Å². The third-order valence-electron chi connectivity index (χ3n) is 3.96. The third-order valence-corrected chi connectivity index (χ3v) is 3.96. The molecule has 0 bridgehead atoms. The van der Waals surface area contributed by atoms with Crippen molar-refractivity contribution in [1.82, 2.24) is 15.0 Å². The van der Waals surface area contributed by atoms with Crippen LogP contribution in [0.3, 0.4) is 0 Å². The largest absolute Gasteiger partial charge is 0.378 e. The number of non-ortho nitro benzene ring substituents is 1. The molecule has 2 aromatic rings. The van der Waals surface area contributed by atoms with E-state index >= 15 is 0 Å². The van der Waals surface area contributed by atoms with Crippen LogP contribution in [0.4, 0.5) is 23.5 Å². The molecule has 0 aliphatic carbocycles. The average molecular weight is 372 g/mol. The molecule has 0 atom stereocenters. The number of hydrogen-bond donors (Lipinski definition) is 2. The van der Waals surface area contributed by atoms with Crippen molar-refractivity contribution in [2.24, 2.45) is 5.10 Å². The van der Waals surface area contributed by atoms with Crippen molar-refractivity contribution >= 4 is 29.2 Å². The summed E-state index contributed by atoms with van der Waals surface area (Å²) in [7, 11) is 1.73. The minimum Gasteiger partial charge on any atom is -0.378 e. The van der Waals surface area contributed by atoms with Crippen molar-refractivity contribution in [2.45, 2.75) is 6.92 Å². The van der Waals surface area contributed by atoms with Gasteiger partial charge < -0.3 is 15.0 Å². The first kappa shape index (κ1) is 18.5. The van der Waals surface area contributed by atoms with Crippen molar-refractivity contribution in [3.63, 3.8) is 0 Å². The summed E-state index contributed by atoms with van der Waals surface area (Å²) in [5.74, 6) is 1.28. The Morgan fingerprint density at radius 3 is 2.48 bits per heavy atom. The molecule has 2 N–H and O–H groups in total. The Labute approximate surface area is 155 Å². The molecule has 3 rings (SSSR count). The van der Waals surface area contributed by atoms with Crippen LogP contribution in [0.2, 0.25) is 0 Å². The van der Waals surface area contributed by atoms with Crippen LogP contribution in [0, 0.1) is 10.1 Å². The normalized spacial score (nSPS) is 14.7. The maximum Gasteiger partial charge on any atom is 0.269 e. The highest BCUT2D eigenvalue weighted by Crippen LogP contribution is 2.16. The van der Waals surface area contributed by atoms with Crippen LogP contribution in [0.5, 0.6) is 0 Å². The number of aromatic nitrogens is 3. The van der Waals surface area contributed by atoms with E-state index in [1.165, 1.54) is 12.1 Å². The molecule has 0 radical (unpaired) electrons. The zero-order valence-electron chi connectivity index (χ0n) is 15.0. The number of anilines is 3. The summed E-state index contributed by atoms with van der Waals surface area (Å²) in [5, 5.41) is 17.9. The number of nitro groups is 1. The number of hydrogen-bond acceptors (Lipinski definition) is 10. The molecule has 1 saturated heterocycles. The van der Waals surface area contributed by atoms with Gasteiger partial charge in [-0.15, -0.1) is 0 Å². The molecule has 27 heavy (non-hydrogen) atoms. The van der Waals surface area contributed by atoms with Gasteiger partial charge in [0.05, 0.1) is 23.8 Å². The number of nitro benzene ring substituents is 1. The highest BCUT2D eigenvalue weighted by molar-refractivity contribution is 5.99. The molecule has 11 nitrogen and oxygen atoms in total. The maximum absolute atomic E-state index is 10.7. The van der Waals surface area contributed by atoms with Gasteiger partial charge in [0.25, 0.3) is 5.69 Å². The molecule has 2 heterocycles. The van der Waals surface area contributed by atoms with E-state index in [2.05, 4.69) is 30.8 Å². The maximum atomic E-state index is 10.7. The molecule has 0 spiro atoms. The predicted molar refractivity (Wildman–Crippen MR) is 101 cm³/mol. The van der Waals surface area contributed by atoms with Gasteiger partial charge in [-0.2, -0.15) is 20.1 Å². The van der Waals surface area contributed by atoms with Gasteiger partial charge in [0.15, 0.2) is 0 Å². The molecule has 0 unspecified atom stereocenters. The quantitative estimate of drug-likeness (QED) is 0.440. The van der Waals surface area contributed by atoms with Crippen molar-refractivity contribution in [3.8, 4) is 0 Å². The van der Waals surface area contributed by atoms with E-state index in [0.29, 0.717) is 49.9 Å². The smallest absolute Gasteiger partial charge is 0.269 e. The van der Waals surface area contributed by atoms with E-state index < -0.39 is 4.92 Å². The molecule has 0 amide bonds. The number of hydrazone groups is 1. The summed E-state index contributed by atoms with van der Waals surface area (Å²) in [4.78, 5) is 25.3. The number of rotatable bonds is 6. The second-order valence-electron chi connectivity index (χ2n) is 5.75. The van der Waals surface area contributed by atoms with E-state index in [9.17, 15) is 10.1 Å². The van der Waals surface area contributed by atoms with Crippen molar-refractivity contribution in [3.05, 3.63) is 39.9 Å². The first-order valence-corrected chi connectivity index (χ1v) is 8.38. The summed E-state index contributed by atoms with van der Waals surface area (Å²) in [5.41, 5.74) is 4.26. The zero-order valence-corrected chi connectivity index (χ0v) is 15.0. The minimum atomic E-state index is -0.439. The number of nitrogens with zero attached hydrogens (tertiary/aromatic N) is 6. The van der Waals surface area contributed by atoms with Crippen molar-refractivity contribution < 1.29 is 9.66 Å². The minimum absolute atomic E-state index is 0.0331. The van der Waals surface area contributed by atoms with Crippen molar-refractivity contribution in [1.29, 1.82) is 0 Å². The van der Waals surface area contributed by atoms with E-state index in [0.717, 1.165) is 5.56 Å². The second kappa shape index (κ2) is 8.36. The lowest BCUT2D eigenvalue weighted by atomic mass is 10.1. The van der Waals surface area contributed by atoms with Gasteiger partial charge in [0, 0.05) is 32.3 Å². The number of nitrogens with one attached hydrogen (secondary N) is 2. The fraction of sp³-hybridized carbons (Fsp3) is 0.375. The lowest BCUT2D eigenvalue weighted by molar-refractivity contribution is -0.384. The monoisotopic (exact) mass is 372 g/mol. The van der Waals surface area contributed by atoms with Gasteiger partial charge in [-0.1, -0.05) is 0 Å². The Kier molecular flexibility index (Phi) is 5.71. The van der Waals surface area contributed by atoms with Gasteiger partial charge in [-0.3, -0.25) is 10.1 Å². The van der Waals surface area contributed by atoms with Gasteiger partial charge in [-0.25, -0.2) is 5.43 Å². The Bertz CT molecular complexity index is 834. The number of ether oxygens (including phenoxy) is 1. The fourth-order valence-corrected chi connectivity index (χ4v) is 2.45. The van der Waals surface area contributed by atoms with Crippen LogP contribution in [0.1, 0.15) is 12.5 Å². The van der Waals surface area contributed by atoms with Crippen LogP contribution in [0.15, 0.2) is 29.4 Å². The first-order chi connectivity index (χ1) is 13.1. The number of morpholine rings is 1. The Morgan fingerprint density at radius 2 is 1.85 bits per heavy atom. The number of benzene rings is 1. The molecule has 11 heteroatoms. The van der Waals surface area contributed by atoms with Gasteiger partial charge >= 0.3 is 0 Å². The van der Waals surface area contributed by atoms with Crippen LogP contribution in [-0.4, -0.2) is 58.9 Å². The fourth-order valence-electron chi connectivity index (χ4n) is 2.45. The van der Waals surface area contributed by atoms with Gasteiger partial charge in [-0.05, 0) is 24.6 Å². The van der Waals surface area contributed by atoms with Gasteiger partial charge in [0.2, 0.25) is 17.8 Å². The van der Waals surface area contributed by atoms with Crippen molar-refractivity contribution in [2.75, 3.05) is 49.0 Å². The first-order valence-electron chi connectivity index (χ1n) is 8.38. The summed E-state index contributed by atoms with van der Waals surface area (Å²) in [6, 6.07) is 6.16. The molecule has 142 valence electrons. The summed E-state index contributed by atoms with van der Waals surface area (Å²) in [6.45, 7) is 4.45. The van der Waals surface area contributed by atoms with E-state index in [-0.39, 0.29) is 5.69 Å². The Morgan fingerprint density at radius 1 is 1.19 bits per heavy atom. The van der Waals surface area contributed by atoms with E-state index in [1.54, 1.807) is 26.1 Å². The Hall–Kier alpha value is -3.34. The van der Waals surface area contributed by atoms with Gasteiger partial charge in [0.1, 0.15) is 0 Å². The SMILES string of the molecule is CNc1nc(N/N=C(\C)c2ccc([N+](=O)[O-])cc2)nc(N2CCOCC2)n1. The molecule has 0 saturated carbocycles. The zero-order chi connectivity index (χ0) is 19.2. The highest BCUT2D eigenvalue weighted by atomic mass is 16.6.